The SMILES string of the molecule is CC#CCCNCC(O)c1ccc(F)cc1F. The molecule has 0 saturated carbocycles. The van der Waals surface area contributed by atoms with Gasteiger partial charge in [0, 0.05) is 31.1 Å². The maximum Gasteiger partial charge on any atom is 0.131 e. The van der Waals surface area contributed by atoms with E-state index in [1.807, 2.05) is 0 Å². The lowest BCUT2D eigenvalue weighted by Crippen LogP contribution is -2.22. The van der Waals surface area contributed by atoms with Gasteiger partial charge in [-0.25, -0.2) is 8.78 Å². The summed E-state index contributed by atoms with van der Waals surface area (Å²) in [6.07, 6.45) is -0.306. The number of benzene rings is 1. The molecule has 0 saturated heterocycles. The molecule has 0 heterocycles. The van der Waals surface area contributed by atoms with Gasteiger partial charge in [-0.2, -0.15) is 0 Å². The van der Waals surface area contributed by atoms with Gasteiger partial charge in [0.15, 0.2) is 0 Å². The number of aliphatic hydroxyl groups is 1. The molecule has 4 heteroatoms. The van der Waals surface area contributed by atoms with Gasteiger partial charge >= 0.3 is 0 Å². The van der Waals surface area contributed by atoms with Crippen LogP contribution >= 0.6 is 0 Å². The Morgan fingerprint density at radius 1 is 1.41 bits per heavy atom. The minimum absolute atomic E-state index is 0.0977. The number of hydrogen-bond donors (Lipinski definition) is 2. The summed E-state index contributed by atoms with van der Waals surface area (Å²) in [5, 5.41) is 12.6. The lowest BCUT2D eigenvalue weighted by atomic mass is 10.1. The van der Waals surface area contributed by atoms with Crippen LogP contribution in [0.1, 0.15) is 25.0 Å². The van der Waals surface area contributed by atoms with Crippen molar-refractivity contribution >= 4 is 0 Å². The van der Waals surface area contributed by atoms with Gasteiger partial charge in [0.2, 0.25) is 0 Å². The predicted octanol–water partition coefficient (Wildman–Crippen LogP) is 2.00. The number of rotatable bonds is 5. The molecule has 0 fully saturated rings. The third kappa shape index (κ3) is 4.51. The van der Waals surface area contributed by atoms with Crippen LogP contribution in [0.4, 0.5) is 8.78 Å². The van der Waals surface area contributed by atoms with Gasteiger partial charge < -0.3 is 10.4 Å². The molecule has 1 rings (SSSR count). The first-order valence-corrected chi connectivity index (χ1v) is 5.38. The molecule has 0 spiro atoms. The summed E-state index contributed by atoms with van der Waals surface area (Å²) in [4.78, 5) is 0. The van der Waals surface area contributed by atoms with E-state index in [0.717, 1.165) is 12.1 Å². The highest BCUT2D eigenvalue weighted by Gasteiger charge is 2.12. The second kappa shape index (κ2) is 7.00. The van der Waals surface area contributed by atoms with Gasteiger partial charge in [-0.15, -0.1) is 11.8 Å². The highest BCUT2D eigenvalue weighted by atomic mass is 19.1. The lowest BCUT2D eigenvalue weighted by molar-refractivity contribution is 0.170. The topological polar surface area (TPSA) is 32.3 Å². The van der Waals surface area contributed by atoms with Gasteiger partial charge in [0.25, 0.3) is 0 Å². The van der Waals surface area contributed by atoms with Gasteiger partial charge in [-0.05, 0) is 13.0 Å². The minimum atomic E-state index is -0.981. The van der Waals surface area contributed by atoms with Crippen LogP contribution in [0, 0.1) is 23.5 Å². The summed E-state index contributed by atoms with van der Waals surface area (Å²) in [6, 6.07) is 3.15. The third-order valence-corrected chi connectivity index (χ3v) is 2.26. The zero-order valence-electron chi connectivity index (χ0n) is 9.63. The summed E-state index contributed by atoms with van der Waals surface area (Å²) in [6.45, 7) is 2.59. The molecule has 17 heavy (non-hydrogen) atoms. The zero-order chi connectivity index (χ0) is 12.7. The molecular weight excluding hydrogens is 224 g/mol. The van der Waals surface area contributed by atoms with Crippen LogP contribution in [-0.2, 0) is 0 Å². The van der Waals surface area contributed by atoms with E-state index >= 15 is 0 Å². The number of hydrogen-bond acceptors (Lipinski definition) is 2. The second-order valence-electron chi connectivity index (χ2n) is 3.56. The second-order valence-corrected chi connectivity index (χ2v) is 3.56. The quantitative estimate of drug-likeness (QED) is 0.608. The highest BCUT2D eigenvalue weighted by Crippen LogP contribution is 2.17. The average molecular weight is 239 g/mol. The summed E-state index contributed by atoms with van der Waals surface area (Å²) in [5.41, 5.74) is 0.0977. The molecule has 1 aromatic carbocycles. The van der Waals surface area contributed by atoms with Gasteiger partial charge in [0.1, 0.15) is 11.6 Å². The molecule has 92 valence electrons. The normalized spacial score (nSPS) is 11.8. The van der Waals surface area contributed by atoms with E-state index < -0.39 is 17.7 Å². The zero-order valence-corrected chi connectivity index (χ0v) is 9.63. The average Bonchev–Trinajstić information content (AvgIpc) is 2.28. The first-order valence-electron chi connectivity index (χ1n) is 5.38. The fourth-order valence-corrected chi connectivity index (χ4v) is 1.40. The van der Waals surface area contributed by atoms with Crippen LogP contribution in [0.2, 0.25) is 0 Å². The first-order chi connectivity index (χ1) is 8.15. The van der Waals surface area contributed by atoms with Gasteiger partial charge in [0.05, 0.1) is 6.10 Å². The van der Waals surface area contributed by atoms with Crippen molar-refractivity contribution in [3.63, 3.8) is 0 Å². The van der Waals surface area contributed by atoms with Crippen molar-refractivity contribution in [3.05, 3.63) is 35.4 Å². The van der Waals surface area contributed by atoms with Crippen molar-refractivity contribution in [3.8, 4) is 11.8 Å². The number of nitrogens with one attached hydrogen (secondary N) is 1. The molecule has 0 radical (unpaired) electrons. The van der Waals surface area contributed by atoms with E-state index in [1.54, 1.807) is 6.92 Å². The predicted molar refractivity (Wildman–Crippen MR) is 62.3 cm³/mol. The Morgan fingerprint density at radius 3 is 2.82 bits per heavy atom. The van der Waals surface area contributed by atoms with Crippen molar-refractivity contribution in [2.75, 3.05) is 13.1 Å². The molecule has 0 aliphatic rings. The van der Waals surface area contributed by atoms with Crippen LogP contribution in [-0.4, -0.2) is 18.2 Å². The molecule has 2 nitrogen and oxygen atoms in total. The molecule has 0 bridgehead atoms. The molecule has 1 atom stereocenters. The summed E-state index contributed by atoms with van der Waals surface area (Å²) < 4.78 is 25.9. The van der Waals surface area contributed by atoms with Crippen LogP contribution in [0.5, 0.6) is 0 Å². The van der Waals surface area contributed by atoms with Gasteiger partial charge in [-0.1, -0.05) is 6.07 Å². The molecule has 1 unspecified atom stereocenters. The van der Waals surface area contributed by atoms with Crippen molar-refractivity contribution < 1.29 is 13.9 Å². The van der Waals surface area contributed by atoms with E-state index in [1.165, 1.54) is 6.07 Å². The molecule has 2 N–H and O–H groups in total. The fourth-order valence-electron chi connectivity index (χ4n) is 1.40. The Kier molecular flexibility index (Phi) is 5.61. The Balaban J connectivity index is 2.45. The van der Waals surface area contributed by atoms with Crippen LogP contribution in [0.15, 0.2) is 18.2 Å². The van der Waals surface area contributed by atoms with E-state index in [2.05, 4.69) is 17.2 Å². The van der Waals surface area contributed by atoms with Crippen LogP contribution in [0.3, 0.4) is 0 Å². The van der Waals surface area contributed by atoms with E-state index in [0.29, 0.717) is 13.0 Å². The van der Waals surface area contributed by atoms with Crippen LogP contribution in [0.25, 0.3) is 0 Å². The fraction of sp³-hybridized carbons (Fsp3) is 0.385. The summed E-state index contributed by atoms with van der Waals surface area (Å²) >= 11 is 0. The van der Waals surface area contributed by atoms with Crippen molar-refractivity contribution in [1.29, 1.82) is 0 Å². The third-order valence-electron chi connectivity index (χ3n) is 2.26. The number of halogens is 2. The Hall–Kier alpha value is -1.44. The molecule has 0 aliphatic heterocycles. The van der Waals surface area contributed by atoms with Crippen molar-refractivity contribution in [2.45, 2.75) is 19.4 Å². The molecule has 0 aromatic heterocycles. The lowest BCUT2D eigenvalue weighted by Gasteiger charge is -2.12. The van der Waals surface area contributed by atoms with E-state index in [-0.39, 0.29) is 12.1 Å². The first kappa shape index (κ1) is 13.6. The summed E-state index contributed by atoms with van der Waals surface area (Å²) in [7, 11) is 0. The maximum absolute atomic E-state index is 13.3. The Morgan fingerprint density at radius 2 is 2.18 bits per heavy atom. The van der Waals surface area contributed by atoms with Crippen LogP contribution < -0.4 is 5.32 Å². The standard InChI is InChI=1S/C13H15F2NO/c1-2-3-4-7-16-9-13(17)11-6-5-10(14)8-12(11)15/h5-6,8,13,16-17H,4,7,9H2,1H3. The molecule has 0 amide bonds. The summed E-state index contributed by atoms with van der Waals surface area (Å²) in [5.74, 6) is 4.23. The Bertz CT molecular complexity index is 423. The van der Waals surface area contributed by atoms with Crippen molar-refractivity contribution in [2.24, 2.45) is 0 Å². The Labute approximate surface area is 99.7 Å². The number of aliphatic hydroxyl groups excluding tert-OH is 1. The van der Waals surface area contributed by atoms with Gasteiger partial charge in [-0.3, -0.25) is 0 Å². The minimum Gasteiger partial charge on any atom is -0.387 e. The molecule has 0 aliphatic carbocycles. The smallest absolute Gasteiger partial charge is 0.131 e. The van der Waals surface area contributed by atoms with E-state index in [4.69, 9.17) is 0 Å². The largest absolute Gasteiger partial charge is 0.387 e. The van der Waals surface area contributed by atoms with E-state index in [9.17, 15) is 13.9 Å². The monoisotopic (exact) mass is 239 g/mol. The maximum atomic E-state index is 13.3. The molecular formula is C13H15F2NO. The van der Waals surface area contributed by atoms with Crippen molar-refractivity contribution in [1.82, 2.24) is 5.32 Å². The highest BCUT2D eigenvalue weighted by molar-refractivity contribution is 5.21. The molecule has 1 aromatic rings.